The first-order chi connectivity index (χ1) is 13.6. The molecule has 0 aliphatic heterocycles. The minimum absolute atomic E-state index is 0.159. The topological polar surface area (TPSA) is 78.9 Å². The van der Waals surface area contributed by atoms with Gasteiger partial charge in [-0.3, -0.25) is 9.59 Å². The number of amides is 1. The van der Waals surface area contributed by atoms with Crippen molar-refractivity contribution in [2.24, 2.45) is 0 Å². The lowest BCUT2D eigenvalue weighted by Gasteiger charge is -2.21. The van der Waals surface area contributed by atoms with Gasteiger partial charge >= 0.3 is 5.97 Å². The molecule has 2 N–H and O–H groups in total. The first kappa shape index (κ1) is 21.2. The number of para-hydroxylation sites is 1. The van der Waals surface area contributed by atoms with E-state index in [9.17, 15) is 14.7 Å². The van der Waals surface area contributed by atoms with Crippen LogP contribution in [0.15, 0.2) is 60.7 Å². The number of rotatable bonds is 11. The number of ether oxygens (including phenoxy) is 1. The molecule has 0 spiro atoms. The molecule has 0 atom stereocenters. The monoisotopic (exact) mass is 382 g/mol. The number of nitrogens with one attached hydrogen (secondary N) is 1. The van der Waals surface area contributed by atoms with Crippen molar-refractivity contribution in [3.05, 3.63) is 71.8 Å². The van der Waals surface area contributed by atoms with E-state index in [2.05, 4.69) is 5.32 Å². The van der Waals surface area contributed by atoms with E-state index in [1.807, 2.05) is 61.6 Å². The van der Waals surface area contributed by atoms with E-state index in [1.165, 1.54) is 11.0 Å². The maximum absolute atomic E-state index is 12.6. The smallest absolute Gasteiger partial charge is 0.323 e. The highest BCUT2D eigenvalue weighted by Crippen LogP contribution is 2.20. The maximum Gasteiger partial charge on any atom is 0.323 e. The number of carboxylic acid groups (broad SMARTS) is 1. The molecule has 0 bridgehead atoms. The molecule has 2 aromatic rings. The Bertz CT molecular complexity index is 790. The number of nitrogens with zero attached hydrogens (tertiary/aromatic N) is 1. The van der Waals surface area contributed by atoms with Crippen LogP contribution in [0.5, 0.6) is 5.75 Å². The summed E-state index contributed by atoms with van der Waals surface area (Å²) in [6, 6.07) is 16.8. The van der Waals surface area contributed by atoms with E-state index in [0.29, 0.717) is 12.4 Å². The molecule has 2 aromatic carbocycles. The fourth-order valence-corrected chi connectivity index (χ4v) is 2.62. The van der Waals surface area contributed by atoms with Gasteiger partial charge in [-0.1, -0.05) is 48.5 Å². The lowest BCUT2D eigenvalue weighted by Crippen LogP contribution is -2.34. The second kappa shape index (κ2) is 11.6. The lowest BCUT2D eigenvalue weighted by atomic mass is 10.1. The SMILES string of the molecule is CNCCCOc1ccccc1CN(CC(=O)O)C(=O)/C=C/c1ccccc1. The molecular formula is C22H26N2O4. The third-order valence-corrected chi connectivity index (χ3v) is 4.02. The fourth-order valence-electron chi connectivity index (χ4n) is 2.62. The van der Waals surface area contributed by atoms with Gasteiger partial charge in [-0.2, -0.15) is 0 Å². The van der Waals surface area contributed by atoms with Crippen molar-refractivity contribution in [3.8, 4) is 5.75 Å². The predicted molar refractivity (Wildman–Crippen MR) is 109 cm³/mol. The largest absolute Gasteiger partial charge is 0.493 e. The molecular weight excluding hydrogens is 356 g/mol. The first-order valence-electron chi connectivity index (χ1n) is 9.19. The van der Waals surface area contributed by atoms with Crippen LogP contribution in [0.2, 0.25) is 0 Å². The van der Waals surface area contributed by atoms with Gasteiger partial charge in [0, 0.05) is 11.6 Å². The van der Waals surface area contributed by atoms with Crippen LogP contribution >= 0.6 is 0 Å². The summed E-state index contributed by atoms with van der Waals surface area (Å²) in [7, 11) is 1.88. The molecule has 0 aromatic heterocycles. The summed E-state index contributed by atoms with van der Waals surface area (Å²) in [4.78, 5) is 25.1. The highest BCUT2D eigenvalue weighted by atomic mass is 16.5. The summed E-state index contributed by atoms with van der Waals surface area (Å²) < 4.78 is 5.81. The Balaban J connectivity index is 2.10. The molecule has 0 unspecified atom stereocenters. The van der Waals surface area contributed by atoms with Crippen molar-refractivity contribution in [1.82, 2.24) is 10.2 Å². The fraction of sp³-hybridized carbons (Fsp3) is 0.273. The highest BCUT2D eigenvalue weighted by Gasteiger charge is 2.17. The zero-order valence-corrected chi connectivity index (χ0v) is 16.0. The van der Waals surface area contributed by atoms with E-state index in [1.54, 1.807) is 6.08 Å². The second-order valence-corrected chi connectivity index (χ2v) is 6.25. The molecule has 6 nitrogen and oxygen atoms in total. The Hall–Kier alpha value is -3.12. The van der Waals surface area contributed by atoms with Gasteiger partial charge < -0.3 is 20.1 Å². The van der Waals surface area contributed by atoms with Gasteiger partial charge in [-0.25, -0.2) is 0 Å². The van der Waals surface area contributed by atoms with Gasteiger partial charge in [0.05, 0.1) is 13.2 Å². The van der Waals surface area contributed by atoms with Gasteiger partial charge in [-0.15, -0.1) is 0 Å². The Morgan fingerprint density at radius 2 is 1.82 bits per heavy atom. The first-order valence-corrected chi connectivity index (χ1v) is 9.19. The highest BCUT2D eigenvalue weighted by molar-refractivity contribution is 5.93. The van der Waals surface area contributed by atoms with Crippen LogP contribution in [-0.2, 0) is 16.1 Å². The third kappa shape index (κ3) is 7.25. The van der Waals surface area contributed by atoms with Crippen molar-refractivity contribution < 1.29 is 19.4 Å². The van der Waals surface area contributed by atoms with Crippen molar-refractivity contribution in [2.45, 2.75) is 13.0 Å². The van der Waals surface area contributed by atoms with E-state index >= 15 is 0 Å². The Labute approximate surface area is 165 Å². The van der Waals surface area contributed by atoms with Crippen LogP contribution in [0.3, 0.4) is 0 Å². The number of carbonyl (C=O) groups is 2. The Morgan fingerprint density at radius 1 is 1.11 bits per heavy atom. The number of hydrogen-bond donors (Lipinski definition) is 2. The summed E-state index contributed by atoms with van der Waals surface area (Å²) in [5.74, 6) is -0.765. The quantitative estimate of drug-likeness (QED) is 0.462. The molecule has 0 heterocycles. The molecule has 2 rings (SSSR count). The average molecular weight is 382 g/mol. The van der Waals surface area contributed by atoms with Crippen LogP contribution < -0.4 is 10.1 Å². The van der Waals surface area contributed by atoms with Crippen molar-refractivity contribution in [1.29, 1.82) is 0 Å². The van der Waals surface area contributed by atoms with Crippen LogP contribution in [0, 0.1) is 0 Å². The van der Waals surface area contributed by atoms with E-state index < -0.39 is 5.97 Å². The summed E-state index contributed by atoms with van der Waals surface area (Å²) in [6.45, 7) is 1.16. The molecule has 0 aliphatic rings. The number of aliphatic carboxylic acids is 1. The Kier molecular flexibility index (Phi) is 8.75. The second-order valence-electron chi connectivity index (χ2n) is 6.25. The van der Waals surface area contributed by atoms with Gasteiger partial charge in [-0.05, 0) is 37.7 Å². The molecule has 1 amide bonds. The van der Waals surface area contributed by atoms with E-state index in [4.69, 9.17) is 4.74 Å². The zero-order valence-electron chi connectivity index (χ0n) is 16.0. The molecule has 0 radical (unpaired) electrons. The predicted octanol–water partition coefficient (Wildman–Crippen LogP) is 2.80. The van der Waals surface area contributed by atoms with Crippen LogP contribution in [0.25, 0.3) is 6.08 Å². The molecule has 6 heteroatoms. The van der Waals surface area contributed by atoms with Gasteiger partial charge in [0.1, 0.15) is 12.3 Å². The minimum atomic E-state index is -1.06. The third-order valence-electron chi connectivity index (χ3n) is 4.02. The normalized spacial score (nSPS) is 10.8. The maximum atomic E-state index is 12.6. The zero-order chi connectivity index (χ0) is 20.2. The average Bonchev–Trinajstić information content (AvgIpc) is 2.70. The van der Waals surface area contributed by atoms with Gasteiger partial charge in [0.25, 0.3) is 0 Å². The molecule has 0 aliphatic carbocycles. The Morgan fingerprint density at radius 3 is 2.54 bits per heavy atom. The molecule has 28 heavy (non-hydrogen) atoms. The molecule has 0 saturated carbocycles. The van der Waals surface area contributed by atoms with Crippen LogP contribution in [0.1, 0.15) is 17.5 Å². The van der Waals surface area contributed by atoms with Crippen LogP contribution in [-0.4, -0.2) is 48.6 Å². The summed E-state index contributed by atoms with van der Waals surface area (Å²) in [5, 5.41) is 12.3. The minimum Gasteiger partial charge on any atom is -0.493 e. The molecule has 0 saturated heterocycles. The van der Waals surface area contributed by atoms with Crippen LogP contribution in [0.4, 0.5) is 0 Å². The van der Waals surface area contributed by atoms with Gasteiger partial charge in [0.15, 0.2) is 0 Å². The lowest BCUT2D eigenvalue weighted by molar-refractivity contribution is -0.143. The van der Waals surface area contributed by atoms with Crippen molar-refractivity contribution in [3.63, 3.8) is 0 Å². The number of carboxylic acids is 1. The van der Waals surface area contributed by atoms with Crippen molar-refractivity contribution >= 4 is 18.0 Å². The summed E-state index contributed by atoms with van der Waals surface area (Å²) in [6.07, 6.45) is 3.93. The standard InChI is InChI=1S/C22H26N2O4/c1-23-14-7-15-28-20-11-6-5-10-19(20)16-24(17-22(26)27)21(25)13-12-18-8-3-2-4-9-18/h2-6,8-13,23H,7,14-17H2,1H3,(H,26,27)/b13-12+. The van der Waals surface area contributed by atoms with Crippen molar-refractivity contribution in [2.75, 3.05) is 26.7 Å². The number of carbonyl (C=O) groups excluding carboxylic acids is 1. The summed E-state index contributed by atoms with van der Waals surface area (Å²) in [5.41, 5.74) is 1.65. The number of benzene rings is 2. The van der Waals surface area contributed by atoms with Gasteiger partial charge in [0.2, 0.25) is 5.91 Å². The summed E-state index contributed by atoms with van der Waals surface area (Å²) >= 11 is 0. The van der Waals surface area contributed by atoms with E-state index in [0.717, 1.165) is 24.1 Å². The molecule has 148 valence electrons. The molecule has 0 fully saturated rings. The van der Waals surface area contributed by atoms with E-state index in [-0.39, 0.29) is 19.0 Å². The number of hydrogen-bond acceptors (Lipinski definition) is 4.